The number of hydrogen-bond donors (Lipinski definition) is 1. The number of carbonyl (C=O) groups excluding carboxylic acids is 1. The minimum absolute atomic E-state index is 0.110. The quantitative estimate of drug-likeness (QED) is 0.673. The zero-order valence-corrected chi connectivity index (χ0v) is 16.2. The van der Waals surface area contributed by atoms with Crippen LogP contribution in [0.1, 0.15) is 21.9 Å². The Morgan fingerprint density at radius 1 is 1.17 bits per heavy atom. The second-order valence-electron chi connectivity index (χ2n) is 6.62. The van der Waals surface area contributed by atoms with Crippen LogP contribution in [0.3, 0.4) is 0 Å². The zero-order valence-electron chi connectivity index (χ0n) is 16.2. The van der Waals surface area contributed by atoms with Crippen molar-refractivity contribution in [3.8, 4) is 11.8 Å². The first-order valence-electron chi connectivity index (χ1n) is 9.53. The van der Waals surface area contributed by atoms with Gasteiger partial charge >= 0.3 is 0 Å². The summed E-state index contributed by atoms with van der Waals surface area (Å²) in [6.07, 6.45) is 1.73. The van der Waals surface area contributed by atoms with Crippen molar-refractivity contribution in [2.24, 2.45) is 0 Å². The molecule has 2 aromatic heterocycles. The van der Waals surface area contributed by atoms with Crippen LogP contribution in [0.25, 0.3) is 0 Å². The lowest BCUT2D eigenvalue weighted by atomic mass is 10.2. The van der Waals surface area contributed by atoms with Crippen molar-refractivity contribution in [1.29, 1.82) is 5.26 Å². The van der Waals surface area contributed by atoms with Gasteiger partial charge in [0.15, 0.2) is 5.76 Å². The van der Waals surface area contributed by atoms with Gasteiger partial charge in [0.05, 0.1) is 30.7 Å². The van der Waals surface area contributed by atoms with E-state index in [-0.39, 0.29) is 12.4 Å². The summed E-state index contributed by atoms with van der Waals surface area (Å²) in [5.41, 5.74) is 1.43. The summed E-state index contributed by atoms with van der Waals surface area (Å²) in [6, 6.07) is 15.9. The molecule has 0 atom stereocenters. The number of amides is 1. The second kappa shape index (κ2) is 9.11. The fraction of sp³-hybridized carbons (Fsp3) is 0.227. The van der Waals surface area contributed by atoms with Crippen molar-refractivity contribution in [3.05, 3.63) is 71.8 Å². The molecule has 1 N–H and O–H groups in total. The molecule has 1 aliphatic rings. The van der Waals surface area contributed by atoms with E-state index in [9.17, 15) is 4.79 Å². The molecule has 4 rings (SSSR count). The van der Waals surface area contributed by atoms with Gasteiger partial charge in [0.2, 0.25) is 0 Å². The van der Waals surface area contributed by atoms with Gasteiger partial charge in [-0.1, -0.05) is 12.1 Å². The number of anilines is 2. The van der Waals surface area contributed by atoms with Crippen LogP contribution >= 0.6 is 0 Å². The summed E-state index contributed by atoms with van der Waals surface area (Å²) >= 11 is 0. The Hall–Kier alpha value is -3.83. The lowest BCUT2D eigenvalue weighted by molar-refractivity contribution is 0.0992. The topological polar surface area (TPSA) is 101 Å². The van der Waals surface area contributed by atoms with Gasteiger partial charge in [-0.3, -0.25) is 4.79 Å². The van der Waals surface area contributed by atoms with Gasteiger partial charge in [0.25, 0.3) is 5.91 Å². The third-order valence-electron chi connectivity index (χ3n) is 4.63. The molecule has 1 aromatic carbocycles. The smallest absolute Gasteiger partial charge is 0.292 e. The Kier molecular flexibility index (Phi) is 5.92. The molecule has 3 aromatic rings. The number of carbonyl (C=O) groups is 1. The third-order valence-corrected chi connectivity index (χ3v) is 4.63. The van der Waals surface area contributed by atoms with Crippen molar-refractivity contribution in [3.63, 3.8) is 0 Å². The number of nitrogens with one attached hydrogen (secondary N) is 1. The number of morpholine rings is 1. The summed E-state index contributed by atoms with van der Waals surface area (Å²) < 4.78 is 16.5. The number of nitrogens with zero attached hydrogens (tertiary/aromatic N) is 3. The molecule has 0 spiro atoms. The van der Waals surface area contributed by atoms with Gasteiger partial charge in [-0.25, -0.2) is 4.98 Å². The minimum Gasteiger partial charge on any atom is -0.484 e. The Morgan fingerprint density at radius 2 is 2.00 bits per heavy atom. The van der Waals surface area contributed by atoms with Gasteiger partial charge in [-0.05, 0) is 36.4 Å². The van der Waals surface area contributed by atoms with Crippen LogP contribution in [0.4, 0.5) is 11.5 Å². The molecule has 0 radical (unpaired) electrons. The number of pyridine rings is 1. The lowest BCUT2D eigenvalue weighted by Crippen LogP contribution is -2.36. The lowest BCUT2D eigenvalue weighted by Gasteiger charge is -2.28. The predicted octanol–water partition coefficient (Wildman–Crippen LogP) is 3.21. The Bertz CT molecular complexity index is 1050. The van der Waals surface area contributed by atoms with Gasteiger partial charge in [0, 0.05) is 13.1 Å². The molecule has 1 saturated heterocycles. The van der Waals surface area contributed by atoms with E-state index in [1.807, 2.05) is 6.07 Å². The van der Waals surface area contributed by atoms with E-state index in [0.717, 1.165) is 18.8 Å². The van der Waals surface area contributed by atoms with E-state index in [1.54, 1.807) is 48.7 Å². The maximum Gasteiger partial charge on any atom is 0.292 e. The first-order valence-corrected chi connectivity index (χ1v) is 9.53. The maximum absolute atomic E-state index is 12.4. The first-order chi connectivity index (χ1) is 14.7. The van der Waals surface area contributed by atoms with Crippen molar-refractivity contribution in [2.45, 2.75) is 6.61 Å². The number of rotatable bonds is 6. The van der Waals surface area contributed by atoms with Gasteiger partial charge in [0.1, 0.15) is 30.0 Å². The number of hydrogen-bond acceptors (Lipinski definition) is 7. The number of furan rings is 1. The summed E-state index contributed by atoms with van der Waals surface area (Å²) in [7, 11) is 0. The maximum atomic E-state index is 12.4. The van der Waals surface area contributed by atoms with Crippen LogP contribution in [0.5, 0.6) is 5.75 Å². The molecule has 0 bridgehead atoms. The minimum atomic E-state index is -0.398. The van der Waals surface area contributed by atoms with E-state index >= 15 is 0 Å². The van der Waals surface area contributed by atoms with Crippen LogP contribution in [0.2, 0.25) is 0 Å². The third kappa shape index (κ3) is 4.59. The van der Waals surface area contributed by atoms with Crippen LogP contribution in [-0.2, 0) is 11.3 Å². The highest BCUT2D eigenvalue weighted by Crippen LogP contribution is 2.20. The Balaban J connectivity index is 1.34. The monoisotopic (exact) mass is 404 g/mol. The highest BCUT2D eigenvalue weighted by molar-refractivity contribution is 6.01. The predicted molar refractivity (Wildman–Crippen MR) is 109 cm³/mol. The normalized spacial score (nSPS) is 13.5. The van der Waals surface area contributed by atoms with E-state index in [0.29, 0.717) is 36.1 Å². The van der Waals surface area contributed by atoms with E-state index in [4.69, 9.17) is 19.2 Å². The molecule has 8 nitrogen and oxygen atoms in total. The summed E-state index contributed by atoms with van der Waals surface area (Å²) in [5.74, 6) is 1.14. The van der Waals surface area contributed by atoms with E-state index in [2.05, 4.69) is 21.3 Å². The fourth-order valence-corrected chi connectivity index (χ4v) is 3.06. The molecular weight excluding hydrogens is 384 g/mol. The molecule has 0 unspecified atom stereocenters. The summed E-state index contributed by atoms with van der Waals surface area (Å²) in [5, 5.41) is 11.8. The van der Waals surface area contributed by atoms with Crippen LogP contribution in [0, 0.1) is 11.3 Å². The van der Waals surface area contributed by atoms with Gasteiger partial charge < -0.3 is 24.1 Å². The van der Waals surface area contributed by atoms with Crippen LogP contribution in [-0.4, -0.2) is 37.2 Å². The molecule has 1 aliphatic heterocycles. The number of ether oxygens (including phenoxy) is 2. The number of benzene rings is 1. The largest absolute Gasteiger partial charge is 0.484 e. The molecule has 30 heavy (non-hydrogen) atoms. The Morgan fingerprint density at radius 3 is 2.77 bits per heavy atom. The molecular formula is C22H20N4O4. The molecule has 3 heterocycles. The van der Waals surface area contributed by atoms with Crippen LogP contribution in [0.15, 0.2) is 59.1 Å². The molecule has 1 amide bonds. The van der Waals surface area contributed by atoms with Crippen LogP contribution < -0.4 is 15.0 Å². The second-order valence-corrected chi connectivity index (χ2v) is 6.62. The SMILES string of the molecule is N#Cc1ccccc1OCc1ccc(C(=O)Nc2ccc(N3CCOCC3)cn2)o1. The number of nitriles is 1. The molecule has 8 heteroatoms. The average molecular weight is 404 g/mol. The fourth-order valence-electron chi connectivity index (χ4n) is 3.06. The number of aromatic nitrogens is 1. The van der Waals surface area contributed by atoms with E-state index in [1.165, 1.54) is 0 Å². The van der Waals surface area contributed by atoms with E-state index < -0.39 is 5.91 Å². The molecule has 0 aliphatic carbocycles. The van der Waals surface area contributed by atoms with Crippen molar-refractivity contribution < 1.29 is 18.7 Å². The zero-order chi connectivity index (χ0) is 20.8. The molecule has 1 fully saturated rings. The standard InChI is InChI=1S/C22H20N4O4/c23-13-16-3-1-2-4-19(16)29-15-18-6-7-20(30-18)22(27)25-21-8-5-17(14-24-21)26-9-11-28-12-10-26/h1-8,14H,9-12,15H2,(H,24,25,27). The highest BCUT2D eigenvalue weighted by Gasteiger charge is 2.15. The summed E-state index contributed by atoms with van der Waals surface area (Å²) in [4.78, 5) is 18.9. The van der Waals surface area contributed by atoms with Gasteiger partial charge in [-0.15, -0.1) is 0 Å². The first kappa shape index (κ1) is 19.5. The van der Waals surface area contributed by atoms with Crippen molar-refractivity contribution in [2.75, 3.05) is 36.5 Å². The van der Waals surface area contributed by atoms with Crippen molar-refractivity contribution in [1.82, 2.24) is 4.98 Å². The molecule has 152 valence electrons. The highest BCUT2D eigenvalue weighted by atomic mass is 16.5. The molecule has 0 saturated carbocycles. The van der Waals surface area contributed by atoms with Crippen molar-refractivity contribution >= 4 is 17.4 Å². The number of para-hydroxylation sites is 1. The van der Waals surface area contributed by atoms with Gasteiger partial charge in [-0.2, -0.15) is 5.26 Å². The summed E-state index contributed by atoms with van der Waals surface area (Å²) in [6.45, 7) is 3.15. The Labute approximate surface area is 173 Å². The average Bonchev–Trinajstić information content (AvgIpc) is 3.28.